The van der Waals surface area contributed by atoms with Crippen LogP contribution in [-0.2, 0) is 0 Å². The van der Waals surface area contributed by atoms with Crippen LogP contribution in [0.2, 0.25) is 5.02 Å². The molecular formula is C22H11BrClFN2O3. The Morgan fingerprint density at radius 1 is 1.07 bits per heavy atom. The van der Waals surface area contributed by atoms with Gasteiger partial charge in [0, 0.05) is 10.7 Å². The van der Waals surface area contributed by atoms with Gasteiger partial charge in [-0.1, -0.05) is 39.7 Å². The average Bonchev–Trinajstić information content (AvgIpc) is 3.03. The molecule has 30 heavy (non-hydrogen) atoms. The van der Waals surface area contributed by atoms with Crippen molar-refractivity contribution < 1.29 is 13.6 Å². The molecule has 0 spiro atoms. The van der Waals surface area contributed by atoms with Crippen molar-refractivity contribution in [3.05, 3.63) is 103 Å². The lowest BCUT2D eigenvalue weighted by atomic mass is 9.98. The minimum atomic E-state index is -0.779. The van der Waals surface area contributed by atoms with Crippen LogP contribution in [0.15, 0.2) is 74.5 Å². The summed E-state index contributed by atoms with van der Waals surface area (Å²) in [7, 11) is 0. The second kappa shape index (κ2) is 7.04. The fraction of sp³-hybridized carbons (Fsp3) is 0.0455. The van der Waals surface area contributed by atoms with Gasteiger partial charge in [0.2, 0.25) is 5.76 Å². The van der Waals surface area contributed by atoms with Gasteiger partial charge in [0.15, 0.2) is 5.43 Å². The van der Waals surface area contributed by atoms with Crippen molar-refractivity contribution in [1.29, 1.82) is 0 Å². The molecule has 4 aromatic rings. The topological polar surface area (TPSA) is 63.4 Å². The Bertz CT molecular complexity index is 1370. The molecule has 0 bridgehead atoms. The molecule has 0 saturated carbocycles. The van der Waals surface area contributed by atoms with Crippen LogP contribution in [0, 0.1) is 5.82 Å². The molecule has 0 aliphatic carbocycles. The van der Waals surface area contributed by atoms with E-state index >= 15 is 0 Å². The molecule has 0 fully saturated rings. The highest BCUT2D eigenvalue weighted by Crippen LogP contribution is 2.40. The molecule has 1 amide bonds. The van der Waals surface area contributed by atoms with E-state index in [2.05, 4.69) is 20.9 Å². The van der Waals surface area contributed by atoms with Crippen molar-refractivity contribution in [3.8, 4) is 0 Å². The summed E-state index contributed by atoms with van der Waals surface area (Å²) in [5, 5.41) is 0.494. The van der Waals surface area contributed by atoms with Gasteiger partial charge in [0.1, 0.15) is 17.2 Å². The number of fused-ring (bicyclic) bond motifs is 2. The Balaban J connectivity index is 1.81. The zero-order valence-electron chi connectivity index (χ0n) is 15.1. The van der Waals surface area contributed by atoms with E-state index < -0.39 is 23.2 Å². The van der Waals surface area contributed by atoms with E-state index in [0.29, 0.717) is 16.4 Å². The minimum Gasteiger partial charge on any atom is -0.450 e. The van der Waals surface area contributed by atoms with Gasteiger partial charge in [-0.15, -0.1) is 0 Å². The van der Waals surface area contributed by atoms with Gasteiger partial charge >= 0.3 is 0 Å². The highest BCUT2D eigenvalue weighted by atomic mass is 79.9. The monoisotopic (exact) mass is 484 g/mol. The van der Waals surface area contributed by atoms with Crippen LogP contribution in [0.5, 0.6) is 0 Å². The third-order valence-electron chi connectivity index (χ3n) is 4.98. The first kappa shape index (κ1) is 19.0. The van der Waals surface area contributed by atoms with Crippen LogP contribution in [0.25, 0.3) is 11.0 Å². The van der Waals surface area contributed by atoms with E-state index in [-0.39, 0.29) is 22.3 Å². The van der Waals surface area contributed by atoms with Gasteiger partial charge in [-0.25, -0.2) is 9.37 Å². The fourth-order valence-electron chi connectivity index (χ4n) is 3.65. The molecule has 5 rings (SSSR count). The predicted octanol–water partition coefficient (Wildman–Crippen LogP) is 5.49. The number of carbonyl (C=O) groups is 1. The number of rotatable bonds is 2. The van der Waals surface area contributed by atoms with Gasteiger partial charge in [-0.2, -0.15) is 0 Å². The number of carbonyl (C=O) groups excluding carboxylic acids is 1. The van der Waals surface area contributed by atoms with Gasteiger partial charge in [-0.05, 0) is 48.0 Å². The summed E-state index contributed by atoms with van der Waals surface area (Å²) in [6, 6.07) is 13.3. The highest BCUT2D eigenvalue weighted by molar-refractivity contribution is 9.10. The normalized spacial score (nSPS) is 15.6. The molecule has 2 aromatic carbocycles. The first-order valence-electron chi connectivity index (χ1n) is 8.91. The average molecular weight is 486 g/mol. The number of hydrogen-bond donors (Lipinski definition) is 0. The Hall–Kier alpha value is -3.03. The van der Waals surface area contributed by atoms with E-state index in [4.69, 9.17) is 16.0 Å². The molecule has 1 aliphatic heterocycles. The number of aromatic nitrogens is 1. The minimum absolute atomic E-state index is 0.0783. The second-order valence-corrected chi connectivity index (χ2v) is 8.13. The number of halogens is 3. The first-order chi connectivity index (χ1) is 14.4. The summed E-state index contributed by atoms with van der Waals surface area (Å²) < 4.78 is 20.4. The van der Waals surface area contributed by atoms with Crippen LogP contribution < -0.4 is 10.3 Å². The number of anilines is 1. The van der Waals surface area contributed by atoms with Crippen molar-refractivity contribution in [1.82, 2.24) is 4.98 Å². The van der Waals surface area contributed by atoms with E-state index in [1.54, 1.807) is 24.3 Å². The van der Waals surface area contributed by atoms with E-state index in [1.165, 1.54) is 23.2 Å². The van der Waals surface area contributed by atoms with Gasteiger partial charge < -0.3 is 4.42 Å². The van der Waals surface area contributed by atoms with Crippen molar-refractivity contribution in [2.75, 3.05) is 4.90 Å². The van der Waals surface area contributed by atoms with Crippen LogP contribution in [-0.4, -0.2) is 10.9 Å². The quantitative estimate of drug-likeness (QED) is 0.376. The van der Waals surface area contributed by atoms with Crippen molar-refractivity contribution in [2.24, 2.45) is 0 Å². The highest BCUT2D eigenvalue weighted by Gasteiger charge is 2.44. The molecule has 148 valence electrons. The third-order valence-corrected chi connectivity index (χ3v) is 5.73. The molecular weight excluding hydrogens is 475 g/mol. The number of pyridine rings is 1. The smallest absolute Gasteiger partial charge is 0.296 e. The van der Waals surface area contributed by atoms with Gasteiger partial charge in [0.05, 0.1) is 22.0 Å². The van der Waals surface area contributed by atoms with Crippen LogP contribution in [0.3, 0.4) is 0 Å². The molecule has 0 radical (unpaired) electrons. The molecule has 5 nitrogen and oxygen atoms in total. The molecule has 0 saturated heterocycles. The van der Waals surface area contributed by atoms with E-state index in [9.17, 15) is 14.0 Å². The van der Waals surface area contributed by atoms with Gasteiger partial charge in [-0.3, -0.25) is 14.5 Å². The maximum atomic E-state index is 13.8. The molecule has 3 heterocycles. The zero-order valence-corrected chi connectivity index (χ0v) is 17.4. The predicted molar refractivity (Wildman–Crippen MR) is 114 cm³/mol. The maximum absolute atomic E-state index is 13.8. The lowest BCUT2D eigenvalue weighted by Gasteiger charge is -2.24. The van der Waals surface area contributed by atoms with Crippen molar-refractivity contribution >= 4 is 50.2 Å². The Labute approximate surface area is 182 Å². The summed E-state index contributed by atoms with van der Waals surface area (Å²) >= 11 is 9.34. The Morgan fingerprint density at radius 2 is 1.83 bits per heavy atom. The molecule has 1 unspecified atom stereocenters. The number of nitrogens with zero attached hydrogens (tertiary/aromatic N) is 2. The summed E-state index contributed by atoms with van der Waals surface area (Å²) in [6.45, 7) is 0. The molecule has 8 heteroatoms. The molecule has 1 atom stereocenters. The number of benzene rings is 2. The summed E-state index contributed by atoms with van der Waals surface area (Å²) in [4.78, 5) is 32.3. The van der Waals surface area contributed by atoms with Crippen LogP contribution >= 0.6 is 27.5 Å². The lowest BCUT2D eigenvalue weighted by Crippen LogP contribution is -2.30. The first-order valence-corrected chi connectivity index (χ1v) is 10.1. The molecule has 2 aromatic heterocycles. The number of amides is 1. The van der Waals surface area contributed by atoms with Crippen molar-refractivity contribution in [3.63, 3.8) is 0 Å². The SMILES string of the molecule is O=C1c2oc3ccc(F)cc3c(=O)c2C(c2ccc(Br)cc2)N1c1ccc(Cl)cn1. The standard InChI is InChI=1S/C22H11BrClFN2O3/c23-12-3-1-11(2-4-12)19-18-20(28)15-9-14(25)6-7-16(15)30-21(18)22(29)27(19)17-8-5-13(24)10-26-17/h1-10,19H. The summed E-state index contributed by atoms with van der Waals surface area (Å²) in [6.07, 6.45) is 1.42. The number of hydrogen-bond acceptors (Lipinski definition) is 4. The van der Waals surface area contributed by atoms with Gasteiger partial charge in [0.25, 0.3) is 5.91 Å². The summed E-state index contributed by atoms with van der Waals surface area (Å²) in [5.74, 6) is -0.825. The largest absolute Gasteiger partial charge is 0.450 e. The molecule has 0 N–H and O–H groups in total. The Kier molecular flexibility index (Phi) is 4.45. The zero-order chi connectivity index (χ0) is 21.0. The molecule has 1 aliphatic rings. The maximum Gasteiger partial charge on any atom is 0.296 e. The second-order valence-electron chi connectivity index (χ2n) is 6.78. The van der Waals surface area contributed by atoms with Crippen LogP contribution in [0.4, 0.5) is 10.2 Å². The van der Waals surface area contributed by atoms with E-state index in [1.807, 2.05) is 12.1 Å². The fourth-order valence-corrected chi connectivity index (χ4v) is 4.03. The van der Waals surface area contributed by atoms with E-state index in [0.717, 1.165) is 10.5 Å². The van der Waals surface area contributed by atoms with Crippen molar-refractivity contribution in [2.45, 2.75) is 6.04 Å². The third kappa shape index (κ3) is 2.93. The Morgan fingerprint density at radius 3 is 2.53 bits per heavy atom. The lowest BCUT2D eigenvalue weighted by molar-refractivity contribution is 0.0970. The van der Waals surface area contributed by atoms with Crippen LogP contribution in [0.1, 0.15) is 27.7 Å². The summed E-state index contributed by atoms with van der Waals surface area (Å²) in [5.41, 5.74) is 0.528.